The first-order valence-corrected chi connectivity index (χ1v) is 9.14. The number of thiophene rings is 1. The SMILES string of the molecule is CC(C)[C@@H](C(=O)O)N(C)C(=O)CCNC(=S)NCCc1cccs1. The van der Waals surface area contributed by atoms with Crippen LogP contribution >= 0.6 is 23.6 Å². The molecule has 0 aliphatic heterocycles. The summed E-state index contributed by atoms with van der Waals surface area (Å²) < 4.78 is 0. The number of carboxylic acids is 1. The Morgan fingerprint density at radius 3 is 2.54 bits per heavy atom. The zero-order valence-electron chi connectivity index (χ0n) is 14.2. The van der Waals surface area contributed by atoms with E-state index in [1.165, 1.54) is 16.8 Å². The number of amides is 1. The maximum atomic E-state index is 12.1. The Morgan fingerprint density at radius 2 is 2.00 bits per heavy atom. The largest absolute Gasteiger partial charge is 0.480 e. The van der Waals surface area contributed by atoms with E-state index in [0.29, 0.717) is 11.7 Å². The number of rotatable bonds is 9. The molecule has 134 valence electrons. The molecule has 1 heterocycles. The lowest BCUT2D eigenvalue weighted by Crippen LogP contribution is -2.46. The minimum Gasteiger partial charge on any atom is -0.480 e. The molecule has 8 heteroatoms. The molecule has 0 saturated heterocycles. The average molecular weight is 372 g/mol. The molecule has 0 radical (unpaired) electrons. The molecule has 0 aliphatic carbocycles. The zero-order chi connectivity index (χ0) is 18.1. The van der Waals surface area contributed by atoms with Crippen LogP contribution in [0.1, 0.15) is 25.1 Å². The number of carbonyl (C=O) groups excluding carboxylic acids is 1. The fraction of sp³-hybridized carbons (Fsp3) is 0.562. The van der Waals surface area contributed by atoms with E-state index in [1.54, 1.807) is 25.2 Å². The summed E-state index contributed by atoms with van der Waals surface area (Å²) in [6.07, 6.45) is 1.09. The van der Waals surface area contributed by atoms with Crippen LogP contribution in [0.2, 0.25) is 0 Å². The predicted molar refractivity (Wildman–Crippen MR) is 100 cm³/mol. The van der Waals surface area contributed by atoms with Gasteiger partial charge in [-0.2, -0.15) is 0 Å². The molecule has 1 atom stereocenters. The first-order valence-electron chi connectivity index (χ1n) is 7.85. The number of carbonyl (C=O) groups is 2. The molecule has 1 rings (SSSR count). The van der Waals surface area contributed by atoms with Gasteiger partial charge < -0.3 is 20.6 Å². The number of hydrogen-bond donors (Lipinski definition) is 3. The standard InChI is InChI=1S/C16H25N3O3S2/c1-11(2)14(15(21)22)19(3)13(20)7-9-18-16(23)17-8-6-12-5-4-10-24-12/h4-5,10-11,14H,6-9H2,1-3H3,(H,21,22)(H2,17,18,23)/t14-/m0/s1. The van der Waals surface area contributed by atoms with Gasteiger partial charge in [-0.3, -0.25) is 4.79 Å². The monoisotopic (exact) mass is 371 g/mol. The third kappa shape index (κ3) is 6.84. The second kappa shape index (κ2) is 10.2. The summed E-state index contributed by atoms with van der Waals surface area (Å²) in [6, 6.07) is 3.28. The molecule has 3 N–H and O–H groups in total. The molecule has 1 aromatic rings. The molecule has 0 aliphatic rings. The third-order valence-electron chi connectivity index (χ3n) is 3.56. The van der Waals surface area contributed by atoms with Crippen molar-refractivity contribution < 1.29 is 14.7 Å². The molecule has 6 nitrogen and oxygen atoms in total. The van der Waals surface area contributed by atoms with Gasteiger partial charge in [0, 0.05) is 31.4 Å². The molecule has 1 amide bonds. The highest BCUT2D eigenvalue weighted by Gasteiger charge is 2.28. The van der Waals surface area contributed by atoms with Gasteiger partial charge in [-0.15, -0.1) is 11.3 Å². The van der Waals surface area contributed by atoms with Crippen molar-refractivity contribution in [2.45, 2.75) is 32.7 Å². The molecule has 1 aromatic heterocycles. The molecule has 0 saturated carbocycles. The number of thiocarbonyl (C=S) groups is 1. The molecular formula is C16H25N3O3S2. The van der Waals surface area contributed by atoms with Gasteiger partial charge in [0.2, 0.25) is 5.91 Å². The summed E-state index contributed by atoms with van der Waals surface area (Å²) in [4.78, 5) is 25.9. The topological polar surface area (TPSA) is 81.7 Å². The lowest BCUT2D eigenvalue weighted by Gasteiger charge is -2.27. The minimum absolute atomic E-state index is 0.149. The van der Waals surface area contributed by atoms with Crippen molar-refractivity contribution in [1.29, 1.82) is 0 Å². The molecule has 0 fully saturated rings. The quantitative estimate of drug-likeness (QED) is 0.574. The Bertz CT molecular complexity index is 547. The molecule has 24 heavy (non-hydrogen) atoms. The number of nitrogens with zero attached hydrogens (tertiary/aromatic N) is 1. The first-order chi connectivity index (χ1) is 11.3. The van der Waals surface area contributed by atoms with Gasteiger partial charge in [-0.25, -0.2) is 4.79 Å². The van der Waals surface area contributed by atoms with Crippen LogP contribution < -0.4 is 10.6 Å². The van der Waals surface area contributed by atoms with Crippen molar-refractivity contribution in [3.8, 4) is 0 Å². The van der Waals surface area contributed by atoms with Gasteiger partial charge in [-0.05, 0) is 36.0 Å². The van der Waals surface area contributed by atoms with Crippen molar-refractivity contribution in [3.63, 3.8) is 0 Å². The van der Waals surface area contributed by atoms with Crippen LogP contribution in [0.25, 0.3) is 0 Å². The van der Waals surface area contributed by atoms with Gasteiger partial charge in [0.25, 0.3) is 0 Å². The van der Waals surface area contributed by atoms with E-state index in [-0.39, 0.29) is 18.2 Å². The predicted octanol–water partition coefficient (Wildman–Crippen LogP) is 1.71. The van der Waals surface area contributed by atoms with E-state index in [2.05, 4.69) is 16.7 Å². The molecule has 0 bridgehead atoms. The van der Waals surface area contributed by atoms with Crippen molar-refractivity contribution in [3.05, 3.63) is 22.4 Å². The molecular weight excluding hydrogens is 346 g/mol. The summed E-state index contributed by atoms with van der Waals surface area (Å²) in [5, 5.41) is 17.8. The van der Waals surface area contributed by atoms with Gasteiger partial charge >= 0.3 is 5.97 Å². The summed E-state index contributed by atoms with van der Waals surface area (Å²) in [5.74, 6) is -1.35. The van der Waals surface area contributed by atoms with E-state index < -0.39 is 12.0 Å². The number of nitrogens with one attached hydrogen (secondary N) is 2. The Hall–Kier alpha value is -1.67. The maximum absolute atomic E-state index is 12.1. The van der Waals surface area contributed by atoms with Crippen molar-refractivity contribution in [2.24, 2.45) is 5.92 Å². The van der Waals surface area contributed by atoms with Crippen LogP contribution in [0, 0.1) is 5.92 Å². The van der Waals surface area contributed by atoms with Crippen LogP contribution in [0.4, 0.5) is 0 Å². The second-order valence-electron chi connectivity index (χ2n) is 5.79. The lowest BCUT2D eigenvalue weighted by atomic mass is 10.0. The average Bonchev–Trinajstić information content (AvgIpc) is 2.99. The van der Waals surface area contributed by atoms with E-state index in [4.69, 9.17) is 12.2 Å². The van der Waals surface area contributed by atoms with Crippen LogP contribution in [0.5, 0.6) is 0 Å². The van der Waals surface area contributed by atoms with Crippen molar-refractivity contribution in [1.82, 2.24) is 15.5 Å². The van der Waals surface area contributed by atoms with Crippen LogP contribution in [-0.2, 0) is 16.0 Å². The Morgan fingerprint density at radius 1 is 1.33 bits per heavy atom. The summed E-state index contributed by atoms with van der Waals surface area (Å²) >= 11 is 6.87. The van der Waals surface area contributed by atoms with E-state index in [9.17, 15) is 14.7 Å². The van der Waals surface area contributed by atoms with Gasteiger partial charge in [-0.1, -0.05) is 19.9 Å². The van der Waals surface area contributed by atoms with Gasteiger partial charge in [0.15, 0.2) is 5.11 Å². The first kappa shape index (κ1) is 20.4. The number of aliphatic carboxylic acids is 1. The smallest absolute Gasteiger partial charge is 0.326 e. The van der Waals surface area contributed by atoms with Crippen LogP contribution in [0.15, 0.2) is 17.5 Å². The summed E-state index contributed by atoms with van der Waals surface area (Å²) in [5.41, 5.74) is 0. The fourth-order valence-electron chi connectivity index (χ4n) is 2.33. The lowest BCUT2D eigenvalue weighted by molar-refractivity contribution is -0.150. The van der Waals surface area contributed by atoms with E-state index in [1.807, 2.05) is 11.4 Å². The maximum Gasteiger partial charge on any atom is 0.326 e. The second-order valence-corrected chi connectivity index (χ2v) is 7.23. The molecule has 0 spiro atoms. The number of likely N-dealkylation sites (N-methyl/N-ethyl adjacent to an activating group) is 1. The van der Waals surface area contributed by atoms with Crippen molar-refractivity contribution in [2.75, 3.05) is 20.1 Å². The molecule has 0 unspecified atom stereocenters. The number of hydrogen-bond acceptors (Lipinski definition) is 4. The normalized spacial score (nSPS) is 11.8. The van der Waals surface area contributed by atoms with E-state index >= 15 is 0 Å². The van der Waals surface area contributed by atoms with Gasteiger partial charge in [0.05, 0.1) is 0 Å². The highest BCUT2D eigenvalue weighted by atomic mass is 32.1. The molecule has 0 aromatic carbocycles. The highest BCUT2D eigenvalue weighted by molar-refractivity contribution is 7.80. The Kier molecular flexibility index (Phi) is 8.70. The van der Waals surface area contributed by atoms with Crippen LogP contribution in [0.3, 0.4) is 0 Å². The van der Waals surface area contributed by atoms with Crippen LogP contribution in [-0.4, -0.2) is 53.2 Å². The number of carboxylic acid groups (broad SMARTS) is 1. The third-order valence-corrected chi connectivity index (χ3v) is 4.78. The van der Waals surface area contributed by atoms with Crippen molar-refractivity contribution >= 4 is 40.5 Å². The zero-order valence-corrected chi connectivity index (χ0v) is 15.9. The van der Waals surface area contributed by atoms with E-state index in [0.717, 1.165) is 13.0 Å². The highest BCUT2D eigenvalue weighted by Crippen LogP contribution is 2.10. The minimum atomic E-state index is -0.987. The summed E-state index contributed by atoms with van der Waals surface area (Å²) in [7, 11) is 1.53. The fourth-order valence-corrected chi connectivity index (χ4v) is 3.24. The van der Waals surface area contributed by atoms with Gasteiger partial charge in [0.1, 0.15) is 6.04 Å². The summed E-state index contributed by atoms with van der Waals surface area (Å²) in [6.45, 7) is 4.67. The Labute approximate surface area is 152 Å². The Balaban J connectivity index is 2.26.